The van der Waals surface area contributed by atoms with Crippen LogP contribution in [0.5, 0.6) is 0 Å². The van der Waals surface area contributed by atoms with Gasteiger partial charge in [-0.2, -0.15) is 5.10 Å². The molecule has 0 spiro atoms. The molecule has 0 radical (unpaired) electrons. The number of hydrogen-bond donors (Lipinski definition) is 1. The van der Waals surface area contributed by atoms with Crippen molar-refractivity contribution in [2.45, 2.75) is 19.3 Å². The van der Waals surface area contributed by atoms with Crippen molar-refractivity contribution in [3.63, 3.8) is 0 Å². The lowest BCUT2D eigenvalue weighted by molar-refractivity contribution is -0.130. The van der Waals surface area contributed by atoms with Crippen LogP contribution in [0.15, 0.2) is 12.4 Å². The van der Waals surface area contributed by atoms with Crippen LogP contribution in [0.4, 0.5) is 0 Å². The van der Waals surface area contributed by atoms with Crippen LogP contribution in [0, 0.1) is 11.8 Å². The van der Waals surface area contributed by atoms with Gasteiger partial charge in [-0.05, 0) is 43.3 Å². The molecule has 19 heavy (non-hydrogen) atoms. The molecule has 0 aliphatic carbocycles. The summed E-state index contributed by atoms with van der Waals surface area (Å²) in [5.41, 5.74) is 1.01. The first kappa shape index (κ1) is 12.7. The van der Waals surface area contributed by atoms with Gasteiger partial charge >= 0.3 is 0 Å². The molecule has 3 heterocycles. The molecule has 0 unspecified atom stereocenters. The van der Waals surface area contributed by atoms with Crippen molar-refractivity contribution >= 4 is 5.91 Å². The lowest BCUT2D eigenvalue weighted by Gasteiger charge is -2.20. The third-order valence-electron chi connectivity index (χ3n) is 4.49. The Balaban J connectivity index is 1.58. The number of hydrogen-bond acceptors (Lipinski definition) is 3. The fraction of sp³-hybridized carbons (Fsp3) is 0.714. The number of aryl methyl sites for hydroxylation is 1. The molecule has 1 aromatic rings. The Morgan fingerprint density at radius 2 is 2.05 bits per heavy atom. The maximum atomic E-state index is 12.3. The third kappa shape index (κ3) is 2.81. The molecular formula is C14H22N4O. The zero-order chi connectivity index (χ0) is 13.2. The van der Waals surface area contributed by atoms with Gasteiger partial charge in [0.1, 0.15) is 0 Å². The minimum atomic E-state index is 0.251. The predicted octanol–water partition coefficient (Wildman–Crippen LogP) is 0.421. The van der Waals surface area contributed by atoms with E-state index in [1.807, 2.05) is 18.1 Å². The standard InChI is InChI=1S/C14H22N4O/c1-17-10-11(7-16-17)6-14(19)18-4-2-12-8-15-9-13(12)3-5-18/h7,10,12-13,15H,2-6,8-9H2,1H3/t12-,13+. The summed E-state index contributed by atoms with van der Waals surface area (Å²) in [5, 5.41) is 7.58. The first-order valence-corrected chi connectivity index (χ1v) is 7.18. The van der Waals surface area contributed by atoms with Crippen LogP contribution in [-0.2, 0) is 18.3 Å². The van der Waals surface area contributed by atoms with E-state index in [9.17, 15) is 4.79 Å². The topological polar surface area (TPSA) is 50.2 Å². The molecule has 2 aliphatic heterocycles. The van der Waals surface area contributed by atoms with Gasteiger partial charge in [-0.3, -0.25) is 9.48 Å². The maximum absolute atomic E-state index is 12.3. The van der Waals surface area contributed by atoms with Gasteiger partial charge in [0, 0.05) is 26.3 Å². The molecule has 2 aliphatic rings. The van der Waals surface area contributed by atoms with Crippen LogP contribution in [0.25, 0.3) is 0 Å². The van der Waals surface area contributed by atoms with Crippen molar-refractivity contribution in [2.75, 3.05) is 26.2 Å². The van der Waals surface area contributed by atoms with Crippen molar-refractivity contribution in [1.29, 1.82) is 0 Å². The molecule has 2 fully saturated rings. The first-order valence-electron chi connectivity index (χ1n) is 7.18. The quantitative estimate of drug-likeness (QED) is 0.840. The molecule has 2 saturated heterocycles. The molecule has 104 valence electrons. The molecule has 5 heteroatoms. The van der Waals surface area contributed by atoms with Crippen LogP contribution < -0.4 is 5.32 Å². The summed E-state index contributed by atoms with van der Waals surface area (Å²) in [6.07, 6.45) is 6.50. The first-order chi connectivity index (χ1) is 9.22. The summed E-state index contributed by atoms with van der Waals surface area (Å²) in [4.78, 5) is 14.4. The average Bonchev–Trinajstić information content (AvgIpc) is 2.94. The number of aromatic nitrogens is 2. The van der Waals surface area contributed by atoms with Crippen molar-refractivity contribution in [3.05, 3.63) is 18.0 Å². The molecule has 1 amide bonds. The van der Waals surface area contributed by atoms with Gasteiger partial charge in [0.15, 0.2) is 0 Å². The summed E-state index contributed by atoms with van der Waals surface area (Å²) in [5.74, 6) is 1.80. The van der Waals surface area contributed by atoms with Crippen molar-refractivity contribution < 1.29 is 4.79 Å². The van der Waals surface area contributed by atoms with E-state index in [0.29, 0.717) is 6.42 Å². The summed E-state index contributed by atoms with van der Waals surface area (Å²) in [6.45, 7) is 4.11. The van der Waals surface area contributed by atoms with Crippen LogP contribution >= 0.6 is 0 Å². The lowest BCUT2D eigenvalue weighted by atomic mass is 9.92. The van der Waals surface area contributed by atoms with Crippen LogP contribution in [-0.4, -0.2) is 46.8 Å². The molecule has 0 aromatic carbocycles. The summed E-state index contributed by atoms with van der Waals surface area (Å²) in [7, 11) is 1.88. The van der Waals surface area contributed by atoms with E-state index in [-0.39, 0.29) is 5.91 Å². The highest BCUT2D eigenvalue weighted by molar-refractivity contribution is 5.78. The van der Waals surface area contributed by atoms with Crippen LogP contribution in [0.3, 0.4) is 0 Å². The van der Waals surface area contributed by atoms with E-state index in [1.54, 1.807) is 10.9 Å². The predicted molar refractivity (Wildman–Crippen MR) is 72.6 cm³/mol. The van der Waals surface area contributed by atoms with Gasteiger partial charge in [0.25, 0.3) is 0 Å². The SMILES string of the molecule is Cn1cc(CC(=O)N2CC[C@@H]3CNC[C@@H]3CC2)cn1. The summed E-state index contributed by atoms with van der Waals surface area (Å²) < 4.78 is 1.75. The zero-order valence-electron chi connectivity index (χ0n) is 11.5. The molecule has 0 bridgehead atoms. The second-order valence-electron chi connectivity index (χ2n) is 5.84. The van der Waals surface area contributed by atoms with Crippen molar-refractivity contribution in [1.82, 2.24) is 20.0 Å². The minimum Gasteiger partial charge on any atom is -0.342 e. The maximum Gasteiger partial charge on any atom is 0.227 e. The van der Waals surface area contributed by atoms with E-state index in [4.69, 9.17) is 0 Å². The molecule has 1 N–H and O–H groups in total. The Morgan fingerprint density at radius 3 is 2.63 bits per heavy atom. The van der Waals surface area contributed by atoms with Gasteiger partial charge in [-0.25, -0.2) is 0 Å². The van der Waals surface area contributed by atoms with E-state index < -0.39 is 0 Å². The van der Waals surface area contributed by atoms with E-state index in [1.165, 1.54) is 0 Å². The van der Waals surface area contributed by atoms with Gasteiger partial charge in [-0.15, -0.1) is 0 Å². The van der Waals surface area contributed by atoms with Gasteiger partial charge < -0.3 is 10.2 Å². The highest BCUT2D eigenvalue weighted by Gasteiger charge is 2.31. The highest BCUT2D eigenvalue weighted by atomic mass is 16.2. The molecular weight excluding hydrogens is 240 g/mol. The van der Waals surface area contributed by atoms with Crippen molar-refractivity contribution in [3.8, 4) is 0 Å². The monoisotopic (exact) mass is 262 g/mol. The number of nitrogens with zero attached hydrogens (tertiary/aromatic N) is 3. The summed E-state index contributed by atoms with van der Waals surface area (Å²) >= 11 is 0. The van der Waals surface area contributed by atoms with E-state index in [0.717, 1.165) is 56.4 Å². The second-order valence-corrected chi connectivity index (χ2v) is 5.84. The smallest absolute Gasteiger partial charge is 0.227 e. The third-order valence-corrected chi connectivity index (χ3v) is 4.49. The average molecular weight is 262 g/mol. The van der Waals surface area contributed by atoms with Crippen molar-refractivity contribution in [2.24, 2.45) is 18.9 Å². The van der Waals surface area contributed by atoms with Gasteiger partial charge in [-0.1, -0.05) is 0 Å². The Kier molecular flexibility index (Phi) is 3.55. The molecule has 0 saturated carbocycles. The molecule has 1 aromatic heterocycles. The number of likely N-dealkylation sites (tertiary alicyclic amines) is 1. The van der Waals surface area contributed by atoms with Gasteiger partial charge in [0.2, 0.25) is 5.91 Å². The number of carbonyl (C=O) groups is 1. The number of rotatable bonds is 2. The lowest BCUT2D eigenvalue weighted by Crippen LogP contribution is -2.33. The van der Waals surface area contributed by atoms with E-state index >= 15 is 0 Å². The fourth-order valence-corrected chi connectivity index (χ4v) is 3.32. The Morgan fingerprint density at radius 1 is 1.37 bits per heavy atom. The fourth-order valence-electron chi connectivity index (χ4n) is 3.32. The number of amides is 1. The van der Waals surface area contributed by atoms with Crippen LogP contribution in [0.2, 0.25) is 0 Å². The van der Waals surface area contributed by atoms with E-state index in [2.05, 4.69) is 10.4 Å². The second kappa shape index (κ2) is 5.33. The normalized spacial score (nSPS) is 27.1. The minimum absolute atomic E-state index is 0.251. The van der Waals surface area contributed by atoms with Gasteiger partial charge in [0.05, 0.1) is 12.6 Å². The number of fused-ring (bicyclic) bond motifs is 1. The number of carbonyl (C=O) groups excluding carboxylic acids is 1. The summed E-state index contributed by atoms with van der Waals surface area (Å²) in [6, 6.07) is 0. The highest BCUT2D eigenvalue weighted by Crippen LogP contribution is 2.27. The largest absolute Gasteiger partial charge is 0.342 e. The molecule has 3 rings (SSSR count). The molecule has 2 atom stereocenters. The molecule has 5 nitrogen and oxygen atoms in total. The zero-order valence-corrected chi connectivity index (χ0v) is 11.5. The Hall–Kier alpha value is -1.36. The Bertz CT molecular complexity index is 442. The number of nitrogens with one attached hydrogen (secondary N) is 1. The Labute approximate surface area is 114 Å². The van der Waals surface area contributed by atoms with Crippen LogP contribution in [0.1, 0.15) is 18.4 Å².